The number of aldehydes is 1. The fourth-order valence-electron chi connectivity index (χ4n) is 0.917. The van der Waals surface area contributed by atoms with Gasteiger partial charge in [0, 0.05) is 7.05 Å². The zero-order chi connectivity index (χ0) is 8.43. The predicted molar refractivity (Wildman–Crippen MR) is 38.1 cm³/mol. The lowest BCUT2D eigenvalue weighted by atomic mass is 10.4. The van der Waals surface area contributed by atoms with E-state index in [1.165, 1.54) is 17.7 Å². The van der Waals surface area contributed by atoms with Gasteiger partial charge in [-0.25, -0.2) is 9.37 Å². The Bertz CT molecular complexity index is 267. The number of aromatic nitrogens is 2. The molecule has 0 fully saturated rings. The highest BCUT2D eigenvalue weighted by Gasteiger charge is 2.10. The summed E-state index contributed by atoms with van der Waals surface area (Å²) in [6.45, 7) is 1.39. The van der Waals surface area contributed by atoms with E-state index >= 15 is 0 Å². The summed E-state index contributed by atoms with van der Waals surface area (Å²) in [5.41, 5.74) is 0.393. The SMILES string of the molecule is CC(F)c1ncc(C=O)n1C. The lowest BCUT2D eigenvalue weighted by Gasteiger charge is -2.01. The third kappa shape index (κ3) is 1.29. The molecule has 0 aliphatic rings. The smallest absolute Gasteiger partial charge is 0.168 e. The normalized spacial score (nSPS) is 13.0. The quantitative estimate of drug-likeness (QED) is 0.604. The fourth-order valence-corrected chi connectivity index (χ4v) is 0.917. The average molecular weight is 156 g/mol. The van der Waals surface area contributed by atoms with Crippen molar-refractivity contribution < 1.29 is 9.18 Å². The Kier molecular flexibility index (Phi) is 2.03. The standard InChI is InChI=1S/C7H9FN2O/c1-5(8)7-9-3-6(4-11)10(7)2/h3-5H,1-2H3. The zero-order valence-electron chi connectivity index (χ0n) is 6.41. The summed E-state index contributed by atoms with van der Waals surface area (Å²) in [5.74, 6) is 0.284. The van der Waals surface area contributed by atoms with E-state index in [2.05, 4.69) is 4.98 Å². The van der Waals surface area contributed by atoms with Gasteiger partial charge in [-0.15, -0.1) is 0 Å². The number of alkyl halides is 1. The molecule has 1 aromatic heterocycles. The Labute approximate surface area is 63.9 Å². The number of hydrogen-bond acceptors (Lipinski definition) is 2. The molecule has 1 unspecified atom stereocenters. The summed E-state index contributed by atoms with van der Waals surface area (Å²) in [6.07, 6.45) is 0.880. The molecular formula is C7H9FN2O. The van der Waals surface area contributed by atoms with Gasteiger partial charge in [-0.2, -0.15) is 0 Å². The van der Waals surface area contributed by atoms with Crippen LogP contribution in [0.1, 0.15) is 29.4 Å². The number of rotatable bonds is 2. The molecule has 0 aliphatic carbocycles. The second-order valence-electron chi connectivity index (χ2n) is 2.33. The van der Waals surface area contributed by atoms with Crippen molar-refractivity contribution in [2.75, 3.05) is 0 Å². The van der Waals surface area contributed by atoms with Gasteiger partial charge in [0.25, 0.3) is 0 Å². The van der Waals surface area contributed by atoms with Crippen molar-refractivity contribution in [1.82, 2.24) is 9.55 Å². The summed E-state index contributed by atoms with van der Waals surface area (Å²) in [4.78, 5) is 14.0. The van der Waals surface area contributed by atoms with Crippen LogP contribution in [0.3, 0.4) is 0 Å². The van der Waals surface area contributed by atoms with Crippen LogP contribution in [0, 0.1) is 0 Å². The molecule has 60 valence electrons. The minimum Gasteiger partial charge on any atom is -0.327 e. The van der Waals surface area contributed by atoms with Gasteiger partial charge in [-0.1, -0.05) is 0 Å². The summed E-state index contributed by atoms with van der Waals surface area (Å²) in [7, 11) is 1.61. The van der Waals surface area contributed by atoms with Gasteiger partial charge in [0.2, 0.25) is 0 Å². The van der Waals surface area contributed by atoms with Gasteiger partial charge in [0.15, 0.2) is 12.5 Å². The van der Waals surface area contributed by atoms with Gasteiger partial charge in [-0.05, 0) is 6.92 Å². The van der Waals surface area contributed by atoms with Crippen LogP contribution in [0.5, 0.6) is 0 Å². The molecule has 0 amide bonds. The van der Waals surface area contributed by atoms with Crippen LogP contribution in [0.2, 0.25) is 0 Å². The Morgan fingerprint density at radius 1 is 1.82 bits per heavy atom. The predicted octanol–water partition coefficient (Wildman–Crippen LogP) is 1.26. The van der Waals surface area contributed by atoms with Gasteiger partial charge in [0.1, 0.15) is 11.5 Å². The van der Waals surface area contributed by atoms with Crippen LogP contribution in [-0.4, -0.2) is 15.8 Å². The summed E-state index contributed by atoms with van der Waals surface area (Å²) < 4.78 is 14.1. The molecule has 1 atom stereocenters. The van der Waals surface area contributed by atoms with Crippen molar-refractivity contribution in [2.24, 2.45) is 7.05 Å². The summed E-state index contributed by atoms with van der Waals surface area (Å²) in [5, 5.41) is 0. The molecule has 1 aromatic rings. The first-order valence-electron chi connectivity index (χ1n) is 3.27. The van der Waals surface area contributed by atoms with E-state index in [4.69, 9.17) is 0 Å². The highest BCUT2D eigenvalue weighted by atomic mass is 19.1. The molecule has 1 heterocycles. The van der Waals surface area contributed by atoms with Crippen LogP contribution >= 0.6 is 0 Å². The Balaban J connectivity index is 3.10. The molecule has 1 rings (SSSR count). The second kappa shape index (κ2) is 2.82. The Morgan fingerprint density at radius 3 is 2.73 bits per heavy atom. The van der Waals surface area contributed by atoms with E-state index in [1.807, 2.05) is 0 Å². The van der Waals surface area contributed by atoms with Crippen LogP contribution in [0.25, 0.3) is 0 Å². The van der Waals surface area contributed by atoms with Crippen LogP contribution in [0.15, 0.2) is 6.20 Å². The first-order valence-corrected chi connectivity index (χ1v) is 3.27. The van der Waals surface area contributed by atoms with Gasteiger partial charge in [-0.3, -0.25) is 4.79 Å². The summed E-state index contributed by atoms with van der Waals surface area (Å²) >= 11 is 0. The first kappa shape index (κ1) is 7.91. The third-order valence-corrected chi connectivity index (χ3v) is 1.54. The minimum atomic E-state index is -1.13. The summed E-state index contributed by atoms with van der Waals surface area (Å²) in [6, 6.07) is 0. The van der Waals surface area contributed by atoms with Gasteiger partial charge >= 0.3 is 0 Å². The van der Waals surface area contributed by atoms with Crippen LogP contribution in [-0.2, 0) is 7.05 Å². The molecule has 0 spiro atoms. The Morgan fingerprint density at radius 2 is 2.45 bits per heavy atom. The lowest BCUT2D eigenvalue weighted by Crippen LogP contribution is -2.01. The topological polar surface area (TPSA) is 34.9 Å². The largest absolute Gasteiger partial charge is 0.327 e. The molecule has 0 aromatic carbocycles. The van der Waals surface area contributed by atoms with Gasteiger partial charge < -0.3 is 4.57 Å². The van der Waals surface area contributed by atoms with Crippen molar-refractivity contribution >= 4 is 6.29 Å². The maximum Gasteiger partial charge on any atom is 0.168 e. The van der Waals surface area contributed by atoms with E-state index in [0.29, 0.717) is 12.0 Å². The maximum atomic E-state index is 12.6. The Hall–Kier alpha value is -1.19. The number of halogens is 1. The first-order chi connectivity index (χ1) is 5.16. The molecule has 4 heteroatoms. The third-order valence-electron chi connectivity index (χ3n) is 1.54. The minimum absolute atomic E-state index is 0.284. The molecule has 0 N–H and O–H groups in total. The second-order valence-corrected chi connectivity index (χ2v) is 2.33. The van der Waals surface area contributed by atoms with Crippen molar-refractivity contribution in [2.45, 2.75) is 13.1 Å². The fraction of sp³-hybridized carbons (Fsp3) is 0.429. The zero-order valence-corrected chi connectivity index (χ0v) is 6.41. The van der Waals surface area contributed by atoms with E-state index in [1.54, 1.807) is 7.05 Å². The highest BCUT2D eigenvalue weighted by molar-refractivity contribution is 5.71. The highest BCUT2D eigenvalue weighted by Crippen LogP contribution is 2.14. The number of carbonyl (C=O) groups is 1. The monoisotopic (exact) mass is 156 g/mol. The molecule has 3 nitrogen and oxygen atoms in total. The maximum absolute atomic E-state index is 12.6. The number of nitrogens with zero attached hydrogens (tertiary/aromatic N) is 2. The average Bonchev–Trinajstić information content (AvgIpc) is 2.30. The van der Waals surface area contributed by atoms with Crippen molar-refractivity contribution in [3.05, 3.63) is 17.7 Å². The van der Waals surface area contributed by atoms with Crippen LogP contribution in [0.4, 0.5) is 4.39 Å². The molecule has 0 saturated heterocycles. The van der Waals surface area contributed by atoms with Crippen molar-refractivity contribution in [1.29, 1.82) is 0 Å². The molecule has 0 saturated carbocycles. The van der Waals surface area contributed by atoms with E-state index in [9.17, 15) is 9.18 Å². The molecular weight excluding hydrogens is 147 g/mol. The molecule has 11 heavy (non-hydrogen) atoms. The lowest BCUT2D eigenvalue weighted by molar-refractivity contribution is 0.111. The number of carbonyl (C=O) groups excluding carboxylic acids is 1. The van der Waals surface area contributed by atoms with E-state index in [0.717, 1.165) is 0 Å². The van der Waals surface area contributed by atoms with Crippen molar-refractivity contribution in [3.8, 4) is 0 Å². The van der Waals surface area contributed by atoms with E-state index in [-0.39, 0.29) is 5.82 Å². The molecule has 0 bridgehead atoms. The van der Waals surface area contributed by atoms with E-state index < -0.39 is 6.17 Å². The molecule has 0 aliphatic heterocycles. The van der Waals surface area contributed by atoms with Gasteiger partial charge in [0.05, 0.1) is 6.20 Å². The number of hydrogen-bond donors (Lipinski definition) is 0. The van der Waals surface area contributed by atoms with Crippen LogP contribution < -0.4 is 0 Å². The number of imidazole rings is 1. The molecule has 0 radical (unpaired) electrons. The van der Waals surface area contributed by atoms with Crippen molar-refractivity contribution in [3.63, 3.8) is 0 Å².